The van der Waals surface area contributed by atoms with Gasteiger partial charge in [0.25, 0.3) is 5.69 Å². The van der Waals surface area contributed by atoms with E-state index in [2.05, 4.69) is 26.1 Å². The average Bonchev–Trinajstić information content (AvgIpc) is 3.54. The summed E-state index contributed by atoms with van der Waals surface area (Å²) < 4.78 is 6.25. The third kappa shape index (κ3) is 4.14. The Labute approximate surface area is 197 Å². The molecule has 0 aliphatic carbocycles. The molecule has 2 aromatic carbocycles. The maximum absolute atomic E-state index is 12.3. The largest absolute Gasteiger partial charge is 0.539 e. The van der Waals surface area contributed by atoms with E-state index < -0.39 is 11.9 Å². The van der Waals surface area contributed by atoms with E-state index in [1.54, 1.807) is 5.38 Å². The quantitative estimate of drug-likeness (QED) is 0.264. The van der Waals surface area contributed by atoms with E-state index >= 15 is 0 Å². The van der Waals surface area contributed by atoms with Crippen LogP contribution in [0.4, 0.5) is 10.8 Å². The van der Waals surface area contributed by atoms with Crippen molar-refractivity contribution >= 4 is 28.1 Å². The van der Waals surface area contributed by atoms with Crippen molar-refractivity contribution in [1.82, 2.24) is 15.8 Å². The predicted molar refractivity (Wildman–Crippen MR) is 119 cm³/mol. The lowest BCUT2D eigenvalue weighted by Crippen LogP contribution is -2.34. The highest BCUT2D eigenvalue weighted by molar-refractivity contribution is 7.13. The Morgan fingerprint density at radius 3 is 2.56 bits per heavy atom. The summed E-state index contributed by atoms with van der Waals surface area (Å²) in [6.45, 7) is 3.93. The molecule has 11 nitrogen and oxygen atoms in total. The van der Waals surface area contributed by atoms with Gasteiger partial charge in [0.2, 0.25) is 10.8 Å². The third-order valence-electron chi connectivity index (χ3n) is 4.92. The molecule has 1 aliphatic rings. The lowest BCUT2D eigenvalue weighted by atomic mass is 10.2. The van der Waals surface area contributed by atoms with Gasteiger partial charge in [-0.3, -0.25) is 0 Å². The van der Waals surface area contributed by atoms with Crippen LogP contribution in [-0.4, -0.2) is 16.2 Å². The lowest BCUT2D eigenvalue weighted by Gasteiger charge is -2.14. The van der Waals surface area contributed by atoms with Gasteiger partial charge in [0.15, 0.2) is 17.3 Å². The maximum atomic E-state index is 12.3. The van der Waals surface area contributed by atoms with E-state index in [-0.39, 0.29) is 16.5 Å². The molecule has 1 fully saturated rings. The zero-order chi connectivity index (χ0) is 23.7. The summed E-state index contributed by atoms with van der Waals surface area (Å²) in [6, 6.07) is 15.0. The molecule has 0 radical (unpaired) electrons. The van der Waals surface area contributed by atoms with Gasteiger partial charge < -0.3 is 14.5 Å². The van der Waals surface area contributed by atoms with Crippen molar-refractivity contribution in [2.75, 3.05) is 5.01 Å². The molecule has 3 heterocycles. The Balaban J connectivity index is 1.39. The highest BCUT2D eigenvalue weighted by Crippen LogP contribution is 2.30. The molecule has 170 valence electrons. The van der Waals surface area contributed by atoms with Gasteiger partial charge in [-0.05, 0) is 30.7 Å². The number of anilines is 1. The van der Waals surface area contributed by atoms with Gasteiger partial charge >= 0.3 is 5.97 Å². The van der Waals surface area contributed by atoms with Crippen LogP contribution in [0.5, 0.6) is 5.95 Å². The molecule has 5 rings (SSSR count). The van der Waals surface area contributed by atoms with Gasteiger partial charge in [0.1, 0.15) is 0 Å². The van der Waals surface area contributed by atoms with Crippen molar-refractivity contribution in [1.29, 1.82) is 0 Å². The van der Waals surface area contributed by atoms with Gasteiger partial charge in [0.05, 0.1) is 17.2 Å². The SMILES string of the molecule is Cc1ccc(N2NOC(=O)/C2=C/N=Nc2nc(-c3c([O-])on[n+]3-c3ccc(C)cc3)cs2)cc1. The van der Waals surface area contributed by atoms with Gasteiger partial charge in [-0.1, -0.05) is 41.0 Å². The molecule has 0 saturated carbocycles. The molecule has 0 spiro atoms. The summed E-state index contributed by atoms with van der Waals surface area (Å²) in [5.41, 5.74) is 6.74. The van der Waals surface area contributed by atoms with Gasteiger partial charge in [-0.2, -0.15) is 5.11 Å². The highest BCUT2D eigenvalue weighted by atomic mass is 32.1. The molecular formula is C22H17N7O4S. The monoisotopic (exact) mass is 475 g/mol. The van der Waals surface area contributed by atoms with E-state index in [0.717, 1.165) is 11.1 Å². The smallest absolute Gasteiger partial charge is 0.378 e. The summed E-state index contributed by atoms with van der Waals surface area (Å²) >= 11 is 1.18. The van der Waals surface area contributed by atoms with Crippen molar-refractivity contribution in [3.05, 3.63) is 76.9 Å². The number of azo groups is 1. The molecular weight excluding hydrogens is 458 g/mol. The summed E-state index contributed by atoms with van der Waals surface area (Å²) in [5, 5.41) is 27.6. The van der Waals surface area contributed by atoms with Gasteiger partial charge in [-0.25, -0.2) is 14.8 Å². The first-order chi connectivity index (χ1) is 16.5. The van der Waals surface area contributed by atoms with Crippen LogP contribution in [0.15, 0.2) is 80.6 Å². The molecule has 0 unspecified atom stereocenters. The lowest BCUT2D eigenvalue weighted by molar-refractivity contribution is -0.660. The number of carbonyl (C=O) groups excluding carboxylic acids is 1. The van der Waals surface area contributed by atoms with Crippen LogP contribution in [0, 0.1) is 13.8 Å². The van der Waals surface area contributed by atoms with E-state index in [4.69, 9.17) is 9.36 Å². The first-order valence-electron chi connectivity index (χ1n) is 10.1. The number of benzene rings is 2. The second-order valence-electron chi connectivity index (χ2n) is 7.35. The van der Waals surface area contributed by atoms with Crippen molar-refractivity contribution in [3.63, 3.8) is 0 Å². The molecule has 34 heavy (non-hydrogen) atoms. The topological polar surface area (TPSA) is 132 Å². The maximum Gasteiger partial charge on any atom is 0.378 e. The summed E-state index contributed by atoms with van der Waals surface area (Å²) in [5.74, 6) is -1.22. The zero-order valence-electron chi connectivity index (χ0n) is 18.0. The summed E-state index contributed by atoms with van der Waals surface area (Å²) in [7, 11) is 0. The fourth-order valence-corrected chi connectivity index (χ4v) is 3.78. The van der Waals surface area contributed by atoms with Crippen molar-refractivity contribution in [2.24, 2.45) is 10.2 Å². The van der Waals surface area contributed by atoms with E-state index in [1.165, 1.54) is 27.2 Å². The van der Waals surface area contributed by atoms with Gasteiger partial charge in [0, 0.05) is 17.5 Å². The number of rotatable bonds is 5. The Hall–Kier alpha value is -4.42. The number of hydrazine groups is 1. The average molecular weight is 475 g/mol. The van der Waals surface area contributed by atoms with Gasteiger partial charge in [-0.15, -0.1) is 16.5 Å². The Morgan fingerprint density at radius 1 is 1.12 bits per heavy atom. The third-order valence-corrected chi connectivity index (χ3v) is 5.64. The fourth-order valence-electron chi connectivity index (χ4n) is 3.15. The minimum atomic E-state index is -0.620. The van der Waals surface area contributed by atoms with Crippen LogP contribution in [0.25, 0.3) is 17.1 Å². The van der Waals surface area contributed by atoms with Crippen LogP contribution in [0.2, 0.25) is 0 Å². The number of aryl methyl sites for hydroxylation is 2. The second-order valence-corrected chi connectivity index (χ2v) is 8.19. The zero-order valence-corrected chi connectivity index (χ0v) is 18.8. The number of aromatic nitrogens is 3. The fraction of sp³-hybridized carbons (Fsp3) is 0.0909. The molecule has 1 aliphatic heterocycles. The first kappa shape index (κ1) is 21.4. The predicted octanol–water partition coefficient (Wildman–Crippen LogP) is 3.17. The minimum Gasteiger partial charge on any atom is -0.539 e. The van der Waals surface area contributed by atoms with Crippen molar-refractivity contribution < 1.29 is 23.9 Å². The van der Waals surface area contributed by atoms with Crippen LogP contribution >= 0.6 is 11.3 Å². The molecule has 1 saturated heterocycles. The van der Waals surface area contributed by atoms with E-state index in [1.807, 2.05) is 62.4 Å². The number of hydrogen-bond donors (Lipinski definition) is 1. The number of nitrogens with zero attached hydrogens (tertiary/aromatic N) is 6. The van der Waals surface area contributed by atoms with Crippen LogP contribution < -0.4 is 20.4 Å². The number of thiazole rings is 1. The Morgan fingerprint density at radius 2 is 1.82 bits per heavy atom. The Kier molecular flexibility index (Phi) is 5.57. The molecule has 0 amide bonds. The highest BCUT2D eigenvalue weighted by Gasteiger charge is 2.29. The van der Waals surface area contributed by atoms with E-state index in [9.17, 15) is 9.90 Å². The number of hydrogen-bond acceptors (Lipinski definition) is 11. The second kappa shape index (κ2) is 8.84. The molecule has 1 N–H and O–H groups in total. The van der Waals surface area contributed by atoms with Crippen LogP contribution in [0.1, 0.15) is 11.1 Å². The summed E-state index contributed by atoms with van der Waals surface area (Å²) in [4.78, 5) is 21.3. The molecule has 4 aromatic rings. The summed E-state index contributed by atoms with van der Waals surface area (Å²) in [6.07, 6.45) is 1.27. The first-order valence-corrected chi connectivity index (χ1v) is 10.9. The number of carbonyl (C=O) groups is 1. The Bertz CT molecular complexity index is 1410. The molecule has 0 atom stereocenters. The van der Waals surface area contributed by atoms with Crippen LogP contribution in [-0.2, 0) is 9.63 Å². The van der Waals surface area contributed by atoms with Crippen molar-refractivity contribution in [3.8, 4) is 23.0 Å². The standard InChI is InChI=1S/C22H17N7O4S/c1-13-3-7-15(8-4-13)28-18(20(30)32-26-28)11-23-25-22-24-17(12-34-22)19-21(31)33-27-29(19)16-9-5-14(2)6-10-16/h3-12,26H,1-2H3/b18-11-,25-23?. The molecule has 0 bridgehead atoms. The molecule has 12 heteroatoms. The number of nitrogens with one attached hydrogen (secondary N) is 1. The van der Waals surface area contributed by atoms with E-state index in [0.29, 0.717) is 17.1 Å². The molecule has 2 aromatic heterocycles. The minimum absolute atomic E-state index is 0.155. The van der Waals surface area contributed by atoms with Crippen molar-refractivity contribution in [2.45, 2.75) is 13.8 Å². The normalized spacial score (nSPS) is 14.9. The van der Waals surface area contributed by atoms with Crippen LogP contribution in [0.3, 0.4) is 0 Å².